The molecule has 1 amide bonds. The highest BCUT2D eigenvalue weighted by molar-refractivity contribution is 7.90. The van der Waals surface area contributed by atoms with Crippen molar-refractivity contribution in [3.05, 3.63) is 35.9 Å². The van der Waals surface area contributed by atoms with E-state index in [0.717, 1.165) is 19.3 Å². The molecule has 1 aliphatic heterocycles. The smallest absolute Gasteiger partial charge is 0.264 e. The Hall–Kier alpha value is -1.55. The van der Waals surface area contributed by atoms with Crippen LogP contribution in [0.1, 0.15) is 56.3 Å². The van der Waals surface area contributed by atoms with Crippen LogP contribution in [-0.2, 0) is 14.8 Å². The van der Waals surface area contributed by atoms with Crippen molar-refractivity contribution in [2.24, 2.45) is 17.8 Å². The molecule has 5 unspecified atom stereocenters. The molecule has 7 nitrogen and oxygen atoms in total. The number of carbonyl (C=O) groups is 1. The maximum absolute atomic E-state index is 14.7. The topological polar surface area (TPSA) is 113 Å². The van der Waals surface area contributed by atoms with Gasteiger partial charge < -0.3 is 14.9 Å². The van der Waals surface area contributed by atoms with Gasteiger partial charge in [0.15, 0.2) is 6.17 Å². The minimum absolute atomic E-state index is 0.169. The minimum atomic E-state index is -4.01. The van der Waals surface area contributed by atoms with E-state index >= 15 is 0 Å². The molecule has 7 atom stereocenters. The van der Waals surface area contributed by atoms with Crippen molar-refractivity contribution in [2.75, 3.05) is 5.75 Å². The van der Waals surface area contributed by atoms with Gasteiger partial charge in [0, 0.05) is 5.56 Å². The van der Waals surface area contributed by atoms with Gasteiger partial charge in [-0.15, -0.1) is 0 Å². The molecule has 0 radical (unpaired) electrons. The van der Waals surface area contributed by atoms with E-state index < -0.39 is 52.3 Å². The molecule has 1 aromatic rings. The number of rotatable bonds is 8. The summed E-state index contributed by atoms with van der Waals surface area (Å²) in [4.78, 5) is 12.1. The standard InChI is InChI=1S/C23H34FNO6S/c1-14(2)17-9-8-15(12-17)13-19-20(24)22(27)21(26)18(31-19)10-11-32(29,30)25-23(28)16-6-4-3-5-7-16/h3-7,14-15,17-22,26-27H,8-13H2,1-2H3,(H,25,28)/t15?,17?,18?,19?,20?,21-,22-/m1/s1. The number of hydrogen-bond donors (Lipinski definition) is 3. The van der Waals surface area contributed by atoms with Crippen LogP contribution in [0.5, 0.6) is 0 Å². The molecule has 3 rings (SSSR count). The van der Waals surface area contributed by atoms with E-state index in [0.29, 0.717) is 18.3 Å². The summed E-state index contributed by atoms with van der Waals surface area (Å²) in [7, 11) is -4.01. The summed E-state index contributed by atoms with van der Waals surface area (Å²) in [6, 6.07) is 7.94. The highest BCUT2D eigenvalue weighted by atomic mass is 32.2. The van der Waals surface area contributed by atoms with Gasteiger partial charge >= 0.3 is 0 Å². The number of ether oxygens (including phenoxy) is 1. The van der Waals surface area contributed by atoms with Gasteiger partial charge in [0.2, 0.25) is 10.0 Å². The van der Waals surface area contributed by atoms with Gasteiger partial charge in [-0.05, 0) is 55.6 Å². The fourth-order valence-electron chi connectivity index (χ4n) is 4.81. The second kappa shape index (κ2) is 10.6. The molecule has 0 bridgehead atoms. The highest BCUT2D eigenvalue weighted by Crippen LogP contribution is 2.40. The van der Waals surface area contributed by atoms with E-state index in [4.69, 9.17) is 4.74 Å². The number of hydrogen-bond acceptors (Lipinski definition) is 6. The summed E-state index contributed by atoms with van der Waals surface area (Å²) in [6.45, 7) is 4.35. The number of alkyl halides is 1. The van der Waals surface area contributed by atoms with E-state index in [1.54, 1.807) is 18.2 Å². The zero-order valence-corrected chi connectivity index (χ0v) is 19.4. The van der Waals surface area contributed by atoms with Crippen LogP contribution in [0.3, 0.4) is 0 Å². The van der Waals surface area contributed by atoms with Gasteiger partial charge in [-0.2, -0.15) is 0 Å². The van der Waals surface area contributed by atoms with Gasteiger partial charge in [0.05, 0.1) is 18.0 Å². The maximum atomic E-state index is 14.7. The predicted octanol–water partition coefficient (Wildman–Crippen LogP) is 2.43. The number of benzene rings is 1. The van der Waals surface area contributed by atoms with Gasteiger partial charge in [-0.3, -0.25) is 4.79 Å². The van der Waals surface area contributed by atoms with Crippen molar-refractivity contribution < 1.29 is 32.6 Å². The third-order valence-corrected chi connectivity index (χ3v) is 8.08. The lowest BCUT2D eigenvalue weighted by molar-refractivity contribution is -0.207. The average Bonchev–Trinajstić information content (AvgIpc) is 3.22. The predicted molar refractivity (Wildman–Crippen MR) is 118 cm³/mol. The van der Waals surface area contributed by atoms with Crippen molar-refractivity contribution in [1.82, 2.24) is 4.72 Å². The van der Waals surface area contributed by atoms with Crippen molar-refractivity contribution in [3.8, 4) is 0 Å². The second-order valence-corrected chi connectivity index (χ2v) is 11.3. The number of amides is 1. The highest BCUT2D eigenvalue weighted by Gasteiger charge is 2.46. The van der Waals surface area contributed by atoms with E-state index in [-0.39, 0.29) is 17.9 Å². The first-order valence-corrected chi connectivity index (χ1v) is 13.0. The monoisotopic (exact) mass is 471 g/mol. The SMILES string of the molecule is CC(C)C1CCC(CC2OC(CCS(=O)(=O)NC(=O)c3ccccc3)[C@@H](O)[C@H](O)C2F)C1. The Labute approximate surface area is 189 Å². The fraction of sp³-hybridized carbons (Fsp3) is 0.696. The molecule has 2 fully saturated rings. The third-order valence-electron chi connectivity index (χ3n) is 6.81. The van der Waals surface area contributed by atoms with Crippen LogP contribution in [0, 0.1) is 17.8 Å². The number of carbonyl (C=O) groups excluding carboxylic acids is 1. The maximum Gasteiger partial charge on any atom is 0.264 e. The lowest BCUT2D eigenvalue weighted by atomic mass is 9.87. The minimum Gasteiger partial charge on any atom is -0.388 e. The summed E-state index contributed by atoms with van der Waals surface area (Å²) in [5.41, 5.74) is 0.206. The zero-order valence-electron chi connectivity index (χ0n) is 18.6. The quantitative estimate of drug-likeness (QED) is 0.537. The van der Waals surface area contributed by atoms with Gasteiger partial charge in [0.1, 0.15) is 12.2 Å². The Morgan fingerprint density at radius 3 is 2.47 bits per heavy atom. The summed E-state index contributed by atoms with van der Waals surface area (Å²) in [5, 5.41) is 20.5. The molecule has 2 aliphatic rings. The molecule has 1 saturated carbocycles. The molecule has 0 aromatic heterocycles. The summed E-state index contributed by atoms with van der Waals surface area (Å²) >= 11 is 0. The molecule has 1 saturated heterocycles. The van der Waals surface area contributed by atoms with Crippen molar-refractivity contribution in [1.29, 1.82) is 0 Å². The van der Waals surface area contributed by atoms with Gasteiger partial charge in [0.25, 0.3) is 5.91 Å². The molecular formula is C23H34FNO6S. The Bertz CT molecular complexity index is 864. The van der Waals surface area contributed by atoms with Crippen molar-refractivity contribution in [3.63, 3.8) is 0 Å². The fourth-order valence-corrected chi connectivity index (χ4v) is 5.85. The molecule has 180 valence electrons. The Balaban J connectivity index is 1.57. The second-order valence-electron chi connectivity index (χ2n) is 9.46. The molecule has 3 N–H and O–H groups in total. The Morgan fingerprint density at radius 2 is 1.84 bits per heavy atom. The van der Waals surface area contributed by atoms with E-state index in [9.17, 15) is 27.8 Å². The number of aliphatic hydroxyl groups is 2. The molecule has 9 heteroatoms. The Morgan fingerprint density at radius 1 is 1.16 bits per heavy atom. The van der Waals surface area contributed by atoms with Crippen LogP contribution in [0.4, 0.5) is 4.39 Å². The average molecular weight is 472 g/mol. The molecule has 0 spiro atoms. The summed E-state index contributed by atoms with van der Waals surface area (Å²) in [5.74, 6) is 0.181. The normalized spacial score (nSPS) is 33.4. The Kier molecular flexibility index (Phi) is 8.30. The van der Waals surface area contributed by atoms with E-state index in [2.05, 4.69) is 13.8 Å². The first-order valence-electron chi connectivity index (χ1n) is 11.3. The zero-order chi connectivity index (χ0) is 23.5. The third kappa shape index (κ3) is 6.27. The van der Waals surface area contributed by atoms with Crippen molar-refractivity contribution >= 4 is 15.9 Å². The number of halogens is 1. The number of nitrogens with one attached hydrogen (secondary N) is 1. The molecule has 1 aromatic carbocycles. The first kappa shape index (κ1) is 25.1. The van der Waals surface area contributed by atoms with E-state index in [1.807, 2.05) is 4.72 Å². The van der Waals surface area contributed by atoms with Crippen LogP contribution in [0.2, 0.25) is 0 Å². The number of sulfonamides is 1. The lowest BCUT2D eigenvalue weighted by Gasteiger charge is -2.40. The first-order chi connectivity index (χ1) is 15.1. The van der Waals surface area contributed by atoms with Gasteiger partial charge in [-0.1, -0.05) is 38.5 Å². The van der Waals surface area contributed by atoms with Crippen LogP contribution in [0.15, 0.2) is 30.3 Å². The lowest BCUT2D eigenvalue weighted by Crippen LogP contribution is -2.56. The molecule has 1 aliphatic carbocycles. The summed E-state index contributed by atoms with van der Waals surface area (Å²) < 4.78 is 47.2. The van der Waals surface area contributed by atoms with Crippen molar-refractivity contribution in [2.45, 2.75) is 76.5 Å². The van der Waals surface area contributed by atoms with Crippen LogP contribution in [-0.4, -0.2) is 60.9 Å². The number of aliphatic hydroxyl groups excluding tert-OH is 2. The van der Waals surface area contributed by atoms with Gasteiger partial charge in [-0.25, -0.2) is 17.5 Å². The van der Waals surface area contributed by atoms with Crippen LogP contribution < -0.4 is 4.72 Å². The van der Waals surface area contributed by atoms with Crippen LogP contribution in [0.25, 0.3) is 0 Å². The molecule has 1 heterocycles. The molecular weight excluding hydrogens is 437 g/mol. The molecule has 32 heavy (non-hydrogen) atoms. The van der Waals surface area contributed by atoms with E-state index in [1.165, 1.54) is 12.1 Å². The largest absolute Gasteiger partial charge is 0.388 e. The summed E-state index contributed by atoms with van der Waals surface area (Å²) in [6.07, 6.45) is -3.53. The van der Waals surface area contributed by atoms with Crippen LogP contribution >= 0.6 is 0 Å².